The smallest absolute Gasteiger partial charge is 0.318 e. The molecule has 2 fully saturated rings. The summed E-state index contributed by atoms with van der Waals surface area (Å²) in [5.74, 6) is -4.23. The fraction of sp³-hybridized carbons (Fsp3) is 0.909. The number of carbonyl (C=O) groups excluding carboxylic acids is 1. The van der Waals surface area contributed by atoms with Gasteiger partial charge >= 0.3 is 5.97 Å². The highest BCUT2D eigenvalue weighted by molar-refractivity contribution is 5.84. The Labute approximate surface area is 88.0 Å². The number of alkyl halides is 2. The molecule has 0 aromatic heterocycles. The van der Waals surface area contributed by atoms with E-state index in [1.54, 1.807) is 6.92 Å². The summed E-state index contributed by atoms with van der Waals surface area (Å²) < 4.78 is 32.2. The maximum Gasteiger partial charge on any atom is 0.318 e. The molecule has 2 aliphatic rings. The number of esters is 1. The number of ether oxygens (including phenoxy) is 1. The van der Waals surface area contributed by atoms with Crippen LogP contribution in [0.2, 0.25) is 0 Å². The van der Waals surface area contributed by atoms with E-state index in [0.29, 0.717) is 12.8 Å². The lowest BCUT2D eigenvalue weighted by molar-refractivity contribution is -0.216. The monoisotopic (exact) mass is 218 g/mol. The van der Waals surface area contributed by atoms with Crippen LogP contribution in [0.3, 0.4) is 0 Å². The lowest BCUT2D eigenvalue weighted by Gasteiger charge is -2.42. The quantitative estimate of drug-likeness (QED) is 0.678. The summed E-state index contributed by atoms with van der Waals surface area (Å²) in [6, 6.07) is 0. The van der Waals surface area contributed by atoms with Crippen LogP contribution in [0, 0.1) is 17.3 Å². The van der Waals surface area contributed by atoms with Gasteiger partial charge in [-0.05, 0) is 25.7 Å². The van der Waals surface area contributed by atoms with Crippen molar-refractivity contribution in [1.29, 1.82) is 0 Å². The van der Waals surface area contributed by atoms with Crippen LogP contribution in [-0.2, 0) is 9.53 Å². The van der Waals surface area contributed by atoms with E-state index in [1.165, 1.54) is 0 Å². The van der Waals surface area contributed by atoms with E-state index in [4.69, 9.17) is 4.74 Å². The summed E-state index contributed by atoms with van der Waals surface area (Å²) >= 11 is 0. The molecule has 0 radical (unpaired) electrons. The molecule has 2 nitrogen and oxygen atoms in total. The highest BCUT2D eigenvalue weighted by atomic mass is 19.3. The van der Waals surface area contributed by atoms with Gasteiger partial charge in [-0.3, -0.25) is 4.79 Å². The van der Waals surface area contributed by atoms with Crippen LogP contribution in [0.4, 0.5) is 8.78 Å². The van der Waals surface area contributed by atoms with Crippen molar-refractivity contribution >= 4 is 5.97 Å². The van der Waals surface area contributed by atoms with Gasteiger partial charge in [0, 0.05) is 5.92 Å². The van der Waals surface area contributed by atoms with Crippen LogP contribution in [0.15, 0.2) is 0 Å². The van der Waals surface area contributed by atoms with Gasteiger partial charge in [0.2, 0.25) is 0 Å². The summed E-state index contributed by atoms with van der Waals surface area (Å²) in [5.41, 5.74) is -1.43. The molecule has 15 heavy (non-hydrogen) atoms. The largest absolute Gasteiger partial charge is 0.465 e. The molecule has 0 aromatic rings. The summed E-state index contributed by atoms with van der Waals surface area (Å²) in [6.45, 7) is 3.72. The Bertz CT molecular complexity index is 290. The highest BCUT2D eigenvalue weighted by Gasteiger charge is 2.88. The molecule has 2 saturated carbocycles. The summed E-state index contributed by atoms with van der Waals surface area (Å²) in [4.78, 5) is 11.5. The minimum Gasteiger partial charge on any atom is -0.465 e. The van der Waals surface area contributed by atoms with Gasteiger partial charge in [-0.1, -0.05) is 13.3 Å². The van der Waals surface area contributed by atoms with E-state index >= 15 is 0 Å². The SMILES string of the molecule is CCC[C@H]1[C@H]2C[C@@]2(C(=O)OCC)C1(F)F. The average molecular weight is 218 g/mol. The molecule has 0 amide bonds. The molecule has 3 atom stereocenters. The Balaban J connectivity index is 2.08. The van der Waals surface area contributed by atoms with Gasteiger partial charge < -0.3 is 4.74 Å². The number of rotatable bonds is 4. The molecule has 0 aliphatic heterocycles. The second kappa shape index (κ2) is 3.16. The van der Waals surface area contributed by atoms with E-state index < -0.39 is 23.2 Å². The fourth-order valence-corrected chi connectivity index (χ4v) is 2.97. The predicted molar refractivity (Wildman–Crippen MR) is 50.5 cm³/mol. The number of fused-ring (bicyclic) bond motifs is 1. The highest BCUT2D eigenvalue weighted by Crippen LogP contribution is 2.79. The Hall–Kier alpha value is -0.670. The normalized spacial score (nSPS) is 40.3. The zero-order valence-electron chi connectivity index (χ0n) is 9.06. The van der Waals surface area contributed by atoms with Crippen LogP contribution >= 0.6 is 0 Å². The summed E-state index contributed by atoms with van der Waals surface area (Å²) in [5, 5.41) is 0. The van der Waals surface area contributed by atoms with Gasteiger partial charge in [-0.15, -0.1) is 0 Å². The number of hydrogen-bond donors (Lipinski definition) is 0. The van der Waals surface area contributed by atoms with Gasteiger partial charge in [0.25, 0.3) is 5.92 Å². The molecule has 0 unspecified atom stereocenters. The van der Waals surface area contributed by atoms with Crippen molar-refractivity contribution in [3.05, 3.63) is 0 Å². The Morgan fingerprint density at radius 1 is 1.47 bits per heavy atom. The van der Waals surface area contributed by atoms with Crippen molar-refractivity contribution in [3.8, 4) is 0 Å². The van der Waals surface area contributed by atoms with Gasteiger partial charge in [0.05, 0.1) is 6.61 Å². The third-order valence-corrected chi connectivity index (χ3v) is 3.80. The molecular weight excluding hydrogens is 202 g/mol. The van der Waals surface area contributed by atoms with Crippen LogP contribution < -0.4 is 0 Å². The van der Waals surface area contributed by atoms with Crippen LogP contribution in [0.5, 0.6) is 0 Å². The fourth-order valence-electron chi connectivity index (χ4n) is 2.97. The predicted octanol–water partition coefficient (Wildman–Crippen LogP) is 2.62. The second-order valence-electron chi connectivity index (χ2n) is 4.52. The Morgan fingerprint density at radius 3 is 2.60 bits per heavy atom. The number of carbonyl (C=O) groups is 1. The van der Waals surface area contributed by atoms with Crippen LogP contribution in [0.1, 0.15) is 33.1 Å². The minimum absolute atomic E-state index is 0.119. The van der Waals surface area contributed by atoms with E-state index in [1.807, 2.05) is 6.92 Å². The second-order valence-corrected chi connectivity index (χ2v) is 4.52. The summed E-state index contributed by atoms with van der Waals surface area (Å²) in [7, 11) is 0. The molecule has 86 valence electrons. The van der Waals surface area contributed by atoms with Gasteiger partial charge in [-0.25, -0.2) is 8.78 Å². The lowest BCUT2D eigenvalue weighted by Crippen LogP contribution is -2.55. The molecule has 2 aliphatic carbocycles. The molecular formula is C11H16F2O2. The third kappa shape index (κ3) is 1.11. The standard InChI is InChI=1S/C11H16F2O2/c1-3-5-7-8-6-10(8,11(7,12)13)9(14)15-4-2/h7-8H,3-6H2,1-2H3/t7-,8+,10+/m0/s1. The number of halogens is 2. The van der Waals surface area contributed by atoms with Crippen molar-refractivity contribution in [1.82, 2.24) is 0 Å². The lowest BCUT2D eigenvalue weighted by atomic mass is 9.68. The van der Waals surface area contributed by atoms with E-state index in [2.05, 4.69) is 0 Å². The maximum absolute atomic E-state index is 13.8. The van der Waals surface area contributed by atoms with Crippen molar-refractivity contribution < 1.29 is 18.3 Å². The van der Waals surface area contributed by atoms with E-state index in [0.717, 1.165) is 6.42 Å². The van der Waals surface area contributed by atoms with Crippen LogP contribution in [-0.4, -0.2) is 18.5 Å². The molecule has 0 spiro atoms. The van der Waals surface area contributed by atoms with E-state index in [-0.39, 0.29) is 12.5 Å². The molecule has 0 bridgehead atoms. The first-order valence-corrected chi connectivity index (χ1v) is 5.57. The van der Waals surface area contributed by atoms with Crippen molar-refractivity contribution in [2.45, 2.75) is 39.0 Å². The first kappa shape index (κ1) is 10.8. The van der Waals surface area contributed by atoms with Gasteiger partial charge in [-0.2, -0.15) is 0 Å². The van der Waals surface area contributed by atoms with Crippen LogP contribution in [0.25, 0.3) is 0 Å². The molecule has 0 saturated heterocycles. The zero-order chi connectivity index (χ0) is 11.3. The molecule has 0 N–H and O–H groups in total. The van der Waals surface area contributed by atoms with Crippen molar-refractivity contribution in [3.63, 3.8) is 0 Å². The van der Waals surface area contributed by atoms with E-state index in [9.17, 15) is 13.6 Å². The molecule has 4 heteroatoms. The molecule has 2 rings (SSSR count). The molecule has 0 heterocycles. The average Bonchev–Trinajstić information content (AvgIpc) is 2.87. The van der Waals surface area contributed by atoms with Gasteiger partial charge in [0.15, 0.2) is 0 Å². The summed E-state index contributed by atoms with van der Waals surface area (Å²) in [6.07, 6.45) is 1.58. The first-order valence-electron chi connectivity index (χ1n) is 5.57. The zero-order valence-corrected chi connectivity index (χ0v) is 9.06. The number of hydrogen-bond acceptors (Lipinski definition) is 2. The molecule has 0 aromatic carbocycles. The topological polar surface area (TPSA) is 26.3 Å². The van der Waals surface area contributed by atoms with Crippen molar-refractivity contribution in [2.75, 3.05) is 6.61 Å². The maximum atomic E-state index is 13.8. The Kier molecular flexibility index (Phi) is 2.28. The van der Waals surface area contributed by atoms with Crippen molar-refractivity contribution in [2.24, 2.45) is 17.3 Å². The third-order valence-electron chi connectivity index (χ3n) is 3.80. The minimum atomic E-state index is -2.83. The van der Waals surface area contributed by atoms with Gasteiger partial charge in [0.1, 0.15) is 5.41 Å². The Morgan fingerprint density at radius 2 is 2.13 bits per heavy atom. The first-order chi connectivity index (χ1) is 7.02.